The molecule has 7 rings (SSSR count). The first-order valence-electron chi connectivity index (χ1n) is 13.6. The van der Waals surface area contributed by atoms with Gasteiger partial charge in [0, 0.05) is 27.6 Å². The van der Waals surface area contributed by atoms with E-state index in [1.54, 1.807) is 54.6 Å². The van der Waals surface area contributed by atoms with E-state index in [9.17, 15) is 19.2 Å². The highest BCUT2D eigenvalue weighted by molar-refractivity contribution is 6.43. The van der Waals surface area contributed by atoms with Crippen molar-refractivity contribution in [2.24, 2.45) is 0 Å². The molecule has 0 bridgehead atoms. The standard InChI is InChI=1S/C35H25N3O4/c1-19-7-4-10-22(15-19)36-28-18-27-29-25(32(39)37(34(27)41)23-11-5-8-20(2)16-23)13-14-26-30(29)31(28)35(42)38(33(26)40)24-12-6-9-21(3)17-24/h4-18,36H,1-3H3. The Balaban J connectivity index is 1.52. The molecule has 2 aliphatic heterocycles. The van der Waals surface area contributed by atoms with Gasteiger partial charge in [0.1, 0.15) is 0 Å². The topological polar surface area (TPSA) is 86.8 Å². The van der Waals surface area contributed by atoms with Crippen LogP contribution in [0, 0.1) is 20.8 Å². The lowest BCUT2D eigenvalue weighted by atomic mass is 9.84. The molecular formula is C35H25N3O4. The third kappa shape index (κ3) is 3.74. The van der Waals surface area contributed by atoms with Crippen molar-refractivity contribution in [3.05, 3.63) is 130 Å². The highest BCUT2D eigenvalue weighted by atomic mass is 16.2. The van der Waals surface area contributed by atoms with Gasteiger partial charge in [0.25, 0.3) is 23.6 Å². The van der Waals surface area contributed by atoms with Crippen LogP contribution in [0.25, 0.3) is 10.8 Å². The van der Waals surface area contributed by atoms with Gasteiger partial charge in [-0.3, -0.25) is 19.2 Å². The number of benzene rings is 5. The Hall–Kier alpha value is -5.56. The fourth-order valence-electron chi connectivity index (χ4n) is 5.95. The summed E-state index contributed by atoms with van der Waals surface area (Å²) in [6, 6.07) is 26.8. The maximum atomic E-state index is 14.3. The minimum atomic E-state index is -0.530. The Morgan fingerprint density at radius 3 is 1.57 bits per heavy atom. The zero-order chi connectivity index (χ0) is 29.3. The Morgan fingerprint density at radius 1 is 0.500 bits per heavy atom. The minimum Gasteiger partial charge on any atom is -0.355 e. The van der Waals surface area contributed by atoms with Crippen molar-refractivity contribution in [2.45, 2.75) is 20.8 Å². The number of carbonyl (C=O) groups is 4. The zero-order valence-corrected chi connectivity index (χ0v) is 23.2. The van der Waals surface area contributed by atoms with E-state index < -0.39 is 23.6 Å². The number of imide groups is 2. The summed E-state index contributed by atoms with van der Waals surface area (Å²) in [6.45, 7) is 5.74. The molecule has 0 atom stereocenters. The molecular weight excluding hydrogens is 526 g/mol. The van der Waals surface area contributed by atoms with Gasteiger partial charge in [-0.15, -0.1) is 0 Å². The predicted molar refractivity (Wildman–Crippen MR) is 163 cm³/mol. The van der Waals surface area contributed by atoms with Crippen molar-refractivity contribution < 1.29 is 19.2 Å². The summed E-state index contributed by atoms with van der Waals surface area (Å²) in [5, 5.41) is 3.98. The molecule has 2 heterocycles. The summed E-state index contributed by atoms with van der Waals surface area (Å²) in [4.78, 5) is 58.5. The molecule has 0 saturated heterocycles. The van der Waals surface area contributed by atoms with Crippen LogP contribution >= 0.6 is 0 Å². The molecule has 0 spiro atoms. The number of aryl methyl sites for hydroxylation is 3. The van der Waals surface area contributed by atoms with E-state index in [1.807, 2.05) is 57.2 Å². The van der Waals surface area contributed by atoms with Crippen molar-refractivity contribution >= 4 is 57.2 Å². The average molecular weight is 552 g/mol. The van der Waals surface area contributed by atoms with Gasteiger partial charge in [0.15, 0.2) is 0 Å². The normalized spacial score (nSPS) is 14.2. The van der Waals surface area contributed by atoms with Gasteiger partial charge in [0.2, 0.25) is 0 Å². The average Bonchev–Trinajstić information content (AvgIpc) is 2.95. The lowest BCUT2D eigenvalue weighted by molar-refractivity contribution is 0.0873. The van der Waals surface area contributed by atoms with E-state index in [-0.39, 0.29) is 22.3 Å². The number of carbonyl (C=O) groups excluding carboxylic acids is 4. The maximum Gasteiger partial charge on any atom is 0.268 e. The van der Waals surface area contributed by atoms with Crippen LogP contribution in [-0.2, 0) is 0 Å². The number of anilines is 4. The number of hydrogen-bond acceptors (Lipinski definition) is 5. The molecule has 2 aliphatic rings. The lowest BCUT2D eigenvalue weighted by Gasteiger charge is -2.33. The molecule has 5 aromatic carbocycles. The molecule has 204 valence electrons. The second-order valence-corrected chi connectivity index (χ2v) is 10.8. The number of nitrogens with one attached hydrogen (secondary N) is 1. The number of nitrogens with zero attached hydrogens (tertiary/aromatic N) is 2. The van der Waals surface area contributed by atoms with Crippen LogP contribution in [0.4, 0.5) is 22.7 Å². The minimum absolute atomic E-state index is 0.234. The van der Waals surface area contributed by atoms with Gasteiger partial charge in [-0.05, 0) is 92.1 Å². The van der Waals surface area contributed by atoms with Crippen LogP contribution in [0.15, 0.2) is 91.0 Å². The van der Waals surface area contributed by atoms with E-state index >= 15 is 0 Å². The number of hydrogen-bond donors (Lipinski definition) is 1. The summed E-state index contributed by atoms with van der Waals surface area (Å²) < 4.78 is 0. The molecule has 0 unspecified atom stereocenters. The number of rotatable bonds is 4. The van der Waals surface area contributed by atoms with Crippen LogP contribution in [0.2, 0.25) is 0 Å². The Bertz CT molecular complexity index is 2040. The Morgan fingerprint density at radius 2 is 1.00 bits per heavy atom. The largest absolute Gasteiger partial charge is 0.355 e. The van der Waals surface area contributed by atoms with Crippen molar-refractivity contribution in [3.8, 4) is 0 Å². The molecule has 4 amide bonds. The van der Waals surface area contributed by atoms with Crippen molar-refractivity contribution in [3.63, 3.8) is 0 Å². The Labute approximate surface area is 242 Å². The van der Waals surface area contributed by atoms with Gasteiger partial charge >= 0.3 is 0 Å². The van der Waals surface area contributed by atoms with Gasteiger partial charge in [-0.1, -0.05) is 36.4 Å². The van der Waals surface area contributed by atoms with Crippen LogP contribution in [0.5, 0.6) is 0 Å². The smallest absolute Gasteiger partial charge is 0.268 e. The maximum absolute atomic E-state index is 14.3. The summed E-state index contributed by atoms with van der Waals surface area (Å²) in [5.74, 6) is -2.06. The first kappa shape index (κ1) is 25.4. The van der Waals surface area contributed by atoms with E-state index in [0.717, 1.165) is 27.3 Å². The van der Waals surface area contributed by atoms with Crippen LogP contribution in [-0.4, -0.2) is 23.6 Å². The first-order valence-corrected chi connectivity index (χ1v) is 13.6. The Kier molecular flexibility index (Phi) is 5.59. The van der Waals surface area contributed by atoms with E-state index in [0.29, 0.717) is 27.8 Å². The van der Waals surface area contributed by atoms with Gasteiger partial charge in [-0.2, -0.15) is 0 Å². The van der Waals surface area contributed by atoms with E-state index in [1.165, 1.54) is 4.90 Å². The molecule has 42 heavy (non-hydrogen) atoms. The molecule has 0 fully saturated rings. The molecule has 1 N–H and O–H groups in total. The van der Waals surface area contributed by atoms with E-state index in [4.69, 9.17) is 0 Å². The van der Waals surface area contributed by atoms with Crippen LogP contribution < -0.4 is 15.1 Å². The quantitative estimate of drug-likeness (QED) is 0.241. The second kappa shape index (κ2) is 9.24. The fourth-order valence-corrected chi connectivity index (χ4v) is 5.95. The molecule has 0 aliphatic carbocycles. The summed E-state index contributed by atoms with van der Waals surface area (Å²) in [5.41, 5.74) is 5.80. The molecule has 0 radical (unpaired) electrons. The van der Waals surface area contributed by atoms with Gasteiger partial charge in [-0.25, -0.2) is 9.80 Å². The monoisotopic (exact) mass is 551 g/mol. The van der Waals surface area contributed by atoms with Gasteiger partial charge < -0.3 is 5.32 Å². The highest BCUT2D eigenvalue weighted by Crippen LogP contribution is 2.44. The summed E-state index contributed by atoms with van der Waals surface area (Å²) in [7, 11) is 0. The van der Waals surface area contributed by atoms with Crippen molar-refractivity contribution in [1.82, 2.24) is 0 Å². The lowest BCUT2D eigenvalue weighted by Crippen LogP contribution is -2.43. The molecule has 0 saturated carbocycles. The van der Waals surface area contributed by atoms with Crippen molar-refractivity contribution in [1.29, 1.82) is 0 Å². The molecule has 5 aromatic rings. The third-order valence-corrected chi connectivity index (χ3v) is 7.82. The predicted octanol–water partition coefficient (Wildman–Crippen LogP) is 7.11. The van der Waals surface area contributed by atoms with Crippen LogP contribution in [0.3, 0.4) is 0 Å². The molecule has 7 heteroatoms. The molecule has 0 aromatic heterocycles. The first-order chi connectivity index (χ1) is 20.2. The van der Waals surface area contributed by atoms with Gasteiger partial charge in [0.05, 0.1) is 28.2 Å². The number of amides is 4. The second-order valence-electron chi connectivity index (χ2n) is 10.8. The molecule has 7 nitrogen and oxygen atoms in total. The zero-order valence-electron chi connectivity index (χ0n) is 23.2. The SMILES string of the molecule is Cc1cccc(Nc2cc3c4c(ccc5c4c2C(=O)N(c2cccc(C)c2)C5=O)C(=O)N(c2cccc(C)c2)C3=O)c1. The van der Waals surface area contributed by atoms with E-state index in [2.05, 4.69) is 5.32 Å². The summed E-state index contributed by atoms with van der Waals surface area (Å²) >= 11 is 0. The van der Waals surface area contributed by atoms with Crippen molar-refractivity contribution in [2.75, 3.05) is 15.1 Å². The highest BCUT2D eigenvalue weighted by Gasteiger charge is 2.42. The third-order valence-electron chi connectivity index (χ3n) is 7.82. The fraction of sp³-hybridized carbons (Fsp3) is 0.0857. The summed E-state index contributed by atoms with van der Waals surface area (Å²) in [6.07, 6.45) is 0. The van der Waals surface area contributed by atoms with Crippen LogP contribution in [0.1, 0.15) is 58.1 Å².